The van der Waals surface area contributed by atoms with Gasteiger partial charge in [0.2, 0.25) is 0 Å². The minimum absolute atomic E-state index is 0.0337. The monoisotopic (exact) mass is 182 g/mol. The quantitative estimate of drug-likeness (QED) is 0.485. The molecule has 1 unspecified atom stereocenters. The Bertz CT molecular complexity index is 314. The second kappa shape index (κ2) is 3.89. The van der Waals surface area contributed by atoms with E-state index in [-0.39, 0.29) is 12.2 Å². The van der Waals surface area contributed by atoms with E-state index in [1.165, 1.54) is 6.07 Å². The summed E-state index contributed by atoms with van der Waals surface area (Å²) in [5.74, 6) is -0.477. The lowest BCUT2D eigenvalue weighted by Gasteiger charge is -2.07. The molecule has 0 spiro atoms. The third kappa shape index (κ3) is 2.43. The maximum atomic E-state index is 12.9. The van der Waals surface area contributed by atoms with Crippen LogP contribution in [0, 0.1) is 5.41 Å². The highest BCUT2D eigenvalue weighted by Crippen LogP contribution is 2.18. The third-order valence-electron chi connectivity index (χ3n) is 1.73. The van der Waals surface area contributed by atoms with Crippen LogP contribution in [0.25, 0.3) is 0 Å². The molecule has 3 nitrogen and oxygen atoms in total. The van der Waals surface area contributed by atoms with Crippen LogP contribution in [0.2, 0.25) is 0 Å². The first-order valence-corrected chi connectivity index (χ1v) is 3.86. The average Bonchev–Trinajstić information content (AvgIpc) is 2.08. The molecule has 0 heterocycles. The fourth-order valence-corrected chi connectivity index (χ4v) is 0.986. The number of nitrogens with two attached hydrogens (primary N) is 1. The average molecular weight is 182 g/mol. The Morgan fingerprint density at radius 3 is 2.69 bits per heavy atom. The van der Waals surface area contributed by atoms with Crippen LogP contribution in [0.3, 0.4) is 0 Å². The molecule has 0 aliphatic heterocycles. The molecule has 0 fully saturated rings. The molecule has 4 N–H and O–H groups in total. The zero-order chi connectivity index (χ0) is 9.84. The molecule has 0 saturated heterocycles. The van der Waals surface area contributed by atoms with Crippen LogP contribution in [-0.4, -0.2) is 17.1 Å². The van der Waals surface area contributed by atoms with Gasteiger partial charge in [-0.05, 0) is 11.6 Å². The lowest BCUT2D eigenvalue weighted by Crippen LogP contribution is -2.25. The smallest absolute Gasteiger partial charge is 0.160 e. The SMILES string of the molecule is N=C(N)C(F)Cc1ccccc1O. The van der Waals surface area contributed by atoms with Gasteiger partial charge >= 0.3 is 0 Å². The van der Waals surface area contributed by atoms with Gasteiger partial charge in [0, 0.05) is 6.42 Å². The van der Waals surface area contributed by atoms with E-state index in [4.69, 9.17) is 11.1 Å². The van der Waals surface area contributed by atoms with Crippen molar-refractivity contribution in [3.05, 3.63) is 29.8 Å². The highest BCUT2D eigenvalue weighted by atomic mass is 19.1. The summed E-state index contributed by atoms with van der Waals surface area (Å²) in [6.45, 7) is 0. The van der Waals surface area contributed by atoms with Crippen LogP contribution in [0.4, 0.5) is 4.39 Å². The van der Waals surface area contributed by atoms with Crippen molar-refractivity contribution in [3.8, 4) is 5.75 Å². The third-order valence-corrected chi connectivity index (χ3v) is 1.73. The van der Waals surface area contributed by atoms with E-state index < -0.39 is 12.0 Å². The van der Waals surface area contributed by atoms with Crippen molar-refractivity contribution in [2.24, 2.45) is 5.73 Å². The van der Waals surface area contributed by atoms with E-state index in [0.717, 1.165) is 0 Å². The van der Waals surface area contributed by atoms with Crippen LogP contribution >= 0.6 is 0 Å². The van der Waals surface area contributed by atoms with Crippen molar-refractivity contribution in [3.63, 3.8) is 0 Å². The minimum Gasteiger partial charge on any atom is -0.508 e. The zero-order valence-corrected chi connectivity index (χ0v) is 7.00. The number of benzene rings is 1. The van der Waals surface area contributed by atoms with Gasteiger partial charge in [0.25, 0.3) is 0 Å². The summed E-state index contributed by atoms with van der Waals surface area (Å²) >= 11 is 0. The summed E-state index contributed by atoms with van der Waals surface area (Å²) in [5.41, 5.74) is 5.42. The molecular weight excluding hydrogens is 171 g/mol. The van der Waals surface area contributed by atoms with Crippen molar-refractivity contribution >= 4 is 5.84 Å². The maximum Gasteiger partial charge on any atom is 0.160 e. The molecule has 0 amide bonds. The molecule has 1 aromatic rings. The summed E-state index contributed by atoms with van der Waals surface area (Å²) in [6, 6.07) is 6.43. The molecule has 0 bridgehead atoms. The predicted molar refractivity (Wildman–Crippen MR) is 48.6 cm³/mol. The first kappa shape index (κ1) is 9.51. The topological polar surface area (TPSA) is 70.1 Å². The Labute approximate surface area is 75.5 Å². The van der Waals surface area contributed by atoms with Crippen LogP contribution in [0.1, 0.15) is 5.56 Å². The number of amidine groups is 1. The Morgan fingerprint density at radius 2 is 2.15 bits per heavy atom. The Kier molecular flexibility index (Phi) is 2.84. The highest BCUT2D eigenvalue weighted by molar-refractivity contribution is 5.81. The van der Waals surface area contributed by atoms with Gasteiger partial charge in [-0.15, -0.1) is 0 Å². The molecule has 0 aliphatic carbocycles. The van der Waals surface area contributed by atoms with Crippen molar-refractivity contribution in [2.75, 3.05) is 0 Å². The number of phenols is 1. The number of nitrogens with one attached hydrogen (secondary N) is 1. The molecule has 0 saturated carbocycles. The van der Waals surface area contributed by atoms with Gasteiger partial charge < -0.3 is 10.8 Å². The number of alkyl halides is 1. The van der Waals surface area contributed by atoms with E-state index in [1.807, 2.05) is 0 Å². The number of hydrogen-bond acceptors (Lipinski definition) is 2. The first-order valence-electron chi connectivity index (χ1n) is 3.86. The normalized spacial score (nSPS) is 12.4. The van der Waals surface area contributed by atoms with Gasteiger partial charge in [0.05, 0.1) is 0 Å². The van der Waals surface area contributed by atoms with E-state index in [2.05, 4.69) is 0 Å². The Morgan fingerprint density at radius 1 is 1.54 bits per heavy atom. The van der Waals surface area contributed by atoms with Gasteiger partial charge in [0.15, 0.2) is 6.17 Å². The Balaban J connectivity index is 2.74. The predicted octanol–water partition coefficient (Wildman–Crippen LogP) is 1.21. The molecule has 13 heavy (non-hydrogen) atoms. The largest absolute Gasteiger partial charge is 0.508 e. The second-order valence-corrected chi connectivity index (χ2v) is 2.76. The molecule has 0 radical (unpaired) electrons. The number of rotatable bonds is 3. The molecule has 1 rings (SSSR count). The van der Waals surface area contributed by atoms with Gasteiger partial charge in [0.1, 0.15) is 11.6 Å². The van der Waals surface area contributed by atoms with Crippen LogP contribution in [-0.2, 0) is 6.42 Å². The van der Waals surface area contributed by atoms with Crippen molar-refractivity contribution in [2.45, 2.75) is 12.6 Å². The Hall–Kier alpha value is -1.58. The van der Waals surface area contributed by atoms with Crippen LogP contribution < -0.4 is 5.73 Å². The van der Waals surface area contributed by atoms with Crippen molar-refractivity contribution in [1.82, 2.24) is 0 Å². The number of halogens is 1. The molecule has 1 aromatic carbocycles. The second-order valence-electron chi connectivity index (χ2n) is 2.76. The molecule has 1 atom stereocenters. The number of para-hydroxylation sites is 1. The molecule has 70 valence electrons. The van der Waals surface area contributed by atoms with Gasteiger partial charge in [-0.1, -0.05) is 18.2 Å². The van der Waals surface area contributed by atoms with Crippen LogP contribution in [0.5, 0.6) is 5.75 Å². The summed E-state index contributed by atoms with van der Waals surface area (Å²) < 4.78 is 12.9. The van der Waals surface area contributed by atoms with E-state index in [1.54, 1.807) is 18.2 Å². The lowest BCUT2D eigenvalue weighted by atomic mass is 10.1. The van der Waals surface area contributed by atoms with Crippen molar-refractivity contribution in [1.29, 1.82) is 5.41 Å². The summed E-state index contributed by atoms with van der Waals surface area (Å²) in [5, 5.41) is 16.1. The van der Waals surface area contributed by atoms with Gasteiger partial charge in [-0.3, -0.25) is 5.41 Å². The summed E-state index contributed by atoms with van der Waals surface area (Å²) in [6.07, 6.45) is -1.57. The lowest BCUT2D eigenvalue weighted by molar-refractivity contribution is 0.406. The molecule has 4 heteroatoms. The number of hydrogen-bond donors (Lipinski definition) is 3. The molecule has 0 aromatic heterocycles. The standard InChI is InChI=1S/C9H11FN2O/c10-7(9(11)12)5-6-3-1-2-4-8(6)13/h1-4,7,13H,5H2,(H3,11,12). The zero-order valence-electron chi connectivity index (χ0n) is 7.00. The molecular formula is C9H11FN2O. The van der Waals surface area contributed by atoms with E-state index >= 15 is 0 Å². The summed E-state index contributed by atoms with van der Waals surface area (Å²) in [7, 11) is 0. The van der Waals surface area contributed by atoms with E-state index in [9.17, 15) is 9.50 Å². The van der Waals surface area contributed by atoms with Gasteiger partial charge in [-0.25, -0.2) is 4.39 Å². The maximum absolute atomic E-state index is 12.9. The van der Waals surface area contributed by atoms with E-state index in [0.29, 0.717) is 5.56 Å². The highest BCUT2D eigenvalue weighted by Gasteiger charge is 2.12. The minimum atomic E-state index is -1.52. The fraction of sp³-hybridized carbons (Fsp3) is 0.222. The number of aromatic hydroxyl groups is 1. The fourth-order valence-electron chi connectivity index (χ4n) is 0.986. The molecule has 0 aliphatic rings. The van der Waals surface area contributed by atoms with Crippen LogP contribution in [0.15, 0.2) is 24.3 Å². The number of phenolic OH excluding ortho intramolecular Hbond substituents is 1. The first-order chi connectivity index (χ1) is 6.11. The van der Waals surface area contributed by atoms with Gasteiger partial charge in [-0.2, -0.15) is 0 Å². The summed E-state index contributed by atoms with van der Waals surface area (Å²) in [4.78, 5) is 0. The van der Waals surface area contributed by atoms with Crippen molar-refractivity contribution < 1.29 is 9.50 Å².